The Balaban J connectivity index is 0.000000106. The lowest BCUT2D eigenvalue weighted by molar-refractivity contribution is -0.385. The molecule has 0 spiro atoms. The molecule has 0 bridgehead atoms. The third-order valence-electron chi connectivity index (χ3n) is 24.7. The number of nitro groups is 2. The van der Waals surface area contributed by atoms with Crippen LogP contribution in [0.5, 0.6) is 115 Å². The Morgan fingerprint density at radius 2 is 0.667 bits per heavy atom. The van der Waals surface area contributed by atoms with Crippen molar-refractivity contribution >= 4 is 138 Å². The van der Waals surface area contributed by atoms with Gasteiger partial charge in [0.25, 0.3) is 11.4 Å². The SMILES string of the molecule is Brc1ccc2c(c1)Oc1ccccc1O2.CC1(C)OB(B2OC(C)(C)C(C)(C)O2)OC1(C)C.CC1(C)OB(c2ccc3c(c2)Oc2ccccc2O3)OC1(C)C.Clc1ccc2[nH]c3c4c(ccc3c2c1)Oc1ccccc1O4.Clc1ccc2c(c1)-c1cc3c(cc1C2)Oc1ccccc1O3.O=[N+]([O-])c1ccc(Cl)cc1-c1ccc2c(c1)Oc1ccccc1O2.O=[N+]([O-])c1ccc(Cl)cc1Br. The second-order valence-corrected chi connectivity index (χ2v) is 38.9. The van der Waals surface area contributed by atoms with Crippen LogP contribution in [0.3, 0.4) is 0 Å². The van der Waals surface area contributed by atoms with E-state index >= 15 is 0 Å². The van der Waals surface area contributed by atoms with Gasteiger partial charge >= 0.3 is 21.1 Å². The minimum Gasteiger partial charge on any atom is -0.450 e. The lowest BCUT2D eigenvalue weighted by Gasteiger charge is -2.32. The average Bonchev–Trinajstić information content (AvgIpc) is 1.61. The van der Waals surface area contributed by atoms with Gasteiger partial charge in [-0.15, -0.1) is 0 Å². The van der Waals surface area contributed by atoms with Gasteiger partial charge in [-0.1, -0.05) is 141 Å². The summed E-state index contributed by atoms with van der Waals surface area (Å²) in [5, 5.41) is 26.1. The summed E-state index contributed by atoms with van der Waals surface area (Å²) in [5.41, 5.74) is 6.67. The maximum Gasteiger partial charge on any atom is 0.494 e. The number of benzene rings is 14. The zero-order valence-corrected chi connectivity index (χ0v) is 80.9. The first kappa shape index (κ1) is 93.2. The van der Waals surface area contributed by atoms with Gasteiger partial charge in [0.2, 0.25) is 0 Å². The van der Waals surface area contributed by atoms with Crippen LogP contribution in [0.25, 0.3) is 44.1 Å². The van der Waals surface area contributed by atoms with E-state index in [1.165, 1.54) is 52.6 Å². The Bertz CT molecular complexity index is 7120. The molecule has 0 unspecified atom stereocenters. The van der Waals surface area contributed by atoms with E-state index in [9.17, 15) is 20.2 Å². The van der Waals surface area contributed by atoms with Crippen molar-refractivity contribution in [3.63, 3.8) is 0 Å². The molecule has 0 saturated carbocycles. The van der Waals surface area contributed by atoms with Gasteiger partial charge in [0, 0.05) is 53.0 Å². The molecule has 0 amide bonds. The molecule has 1 aliphatic carbocycles. The Morgan fingerprint density at radius 3 is 1.15 bits per heavy atom. The molecule has 3 saturated heterocycles. The van der Waals surface area contributed by atoms with Crippen molar-refractivity contribution in [3.05, 3.63) is 333 Å². The second kappa shape index (κ2) is 37.1. The first-order valence-electron chi connectivity index (χ1n) is 43.0. The van der Waals surface area contributed by atoms with Gasteiger partial charge in [-0.25, -0.2) is 0 Å². The molecule has 14 aromatic carbocycles. The molecule has 3 fully saturated rings. The van der Waals surface area contributed by atoms with Gasteiger partial charge in [0.05, 0.1) is 59.0 Å². The maximum absolute atomic E-state index is 11.3. The van der Waals surface area contributed by atoms with Crippen LogP contribution < -0.4 is 52.8 Å². The third-order valence-corrected chi connectivity index (χ3v) is 26.8. The van der Waals surface area contributed by atoms with Crippen molar-refractivity contribution in [1.82, 2.24) is 4.98 Å². The van der Waals surface area contributed by atoms with Gasteiger partial charge in [0.15, 0.2) is 115 Å². The smallest absolute Gasteiger partial charge is 0.450 e. The number of nitrogens with one attached hydrogen (secondary N) is 1. The lowest BCUT2D eigenvalue weighted by atomic mass is 9.49. The summed E-state index contributed by atoms with van der Waals surface area (Å²) < 4.78 is 96.2. The summed E-state index contributed by atoms with van der Waals surface area (Å²) in [5.74, 6) is 14.0. The van der Waals surface area contributed by atoms with Crippen LogP contribution in [0.15, 0.2) is 282 Å². The second-order valence-electron chi connectivity index (χ2n) is 35.4. The van der Waals surface area contributed by atoms with Crippen LogP contribution in [0.2, 0.25) is 20.1 Å². The number of nitrogens with zero attached hydrogens (tertiary/aromatic N) is 2. The van der Waals surface area contributed by atoms with E-state index in [0.29, 0.717) is 82.4 Å². The van der Waals surface area contributed by atoms with Crippen LogP contribution in [0, 0.1) is 20.2 Å². The van der Waals surface area contributed by atoms with E-state index < -0.39 is 31.0 Å². The number of fused-ring (bicyclic) bond motifs is 17. The molecule has 0 atom stereocenters. The highest BCUT2D eigenvalue weighted by atomic mass is 79.9. The molecular formula is C103H84B3Br2Cl4N3O20. The van der Waals surface area contributed by atoms with Gasteiger partial charge in [0.1, 0.15) is 0 Å². The van der Waals surface area contributed by atoms with Crippen molar-refractivity contribution < 1.29 is 85.1 Å². The topological polar surface area (TPSA) is 250 Å². The van der Waals surface area contributed by atoms with Crippen molar-refractivity contribution in [2.45, 2.75) is 123 Å². The Labute approximate surface area is 815 Å². The molecule has 1 aromatic heterocycles. The molecule has 9 heterocycles. The Hall–Kier alpha value is -12.2. The highest BCUT2D eigenvalue weighted by molar-refractivity contribution is 9.10. The van der Waals surface area contributed by atoms with Gasteiger partial charge < -0.3 is 80.3 Å². The molecule has 8 aliphatic heterocycles. The molecule has 24 rings (SSSR count). The molecule has 1 N–H and O–H groups in total. The number of H-pyrrole nitrogens is 1. The Morgan fingerprint density at radius 1 is 0.311 bits per heavy atom. The summed E-state index contributed by atoms with van der Waals surface area (Å²) in [6.07, 6.45) is 0.903. The van der Waals surface area contributed by atoms with Crippen LogP contribution >= 0.6 is 78.3 Å². The first-order valence-corrected chi connectivity index (χ1v) is 46.1. The summed E-state index contributed by atoms with van der Waals surface area (Å²) in [4.78, 5) is 24.0. The fourth-order valence-corrected chi connectivity index (χ4v) is 17.2. The first-order chi connectivity index (χ1) is 64.4. The standard InChI is InChI=1S/C19H11ClO2.C18H19BO4.C18H10ClNO4.C18H10ClNO2.C12H24B2O4.C12H7BrO2.C6H3BrClNO2/c20-13-6-5-11-7-12-8-18-19(10-15(12)14(11)9-13)22-17-4-2-1-3-16(17)21-18;1-17(2)18(3,4)23-19(22-17)12-9-10-15-16(11-12)21-14-8-6-5-7-13(14)20-15;19-12-6-7-14(20(21)22)13(10-12)11-5-8-17-18(9-11)24-16-4-2-1-3-15(16)23-17;19-10-5-7-13-12(9-10)11-6-8-16-18(17(11)20-13)22-15-4-2-1-3-14(15)21-16;1-9(2)10(3,4)16-13(15-9)14-17-11(5,6)12(7,8)18-14;13-8-5-6-11-12(7-8)15-10-4-2-1-3-9(10)14-11;7-5-3-4(8)1-2-6(5)9(10)11/h1-6,8-10H,7H2;5-11H,1-4H3;1-10H;1-9,20H;1-8H3;1-7H;1-3H. The molecule has 15 aromatic rings. The number of ether oxygens (including phenoxy) is 10. The van der Waals surface area contributed by atoms with Gasteiger partial charge in [-0.05, 0) is 321 Å². The van der Waals surface area contributed by atoms with E-state index in [-0.39, 0.29) is 45.0 Å². The number of hydrogen-bond acceptors (Lipinski definition) is 20. The minimum atomic E-state index is -0.476. The fraction of sp³-hybridized carbons (Fsp3) is 0.184. The number of halogens is 6. The number of nitro benzene ring substituents is 2. The lowest BCUT2D eigenvalue weighted by Crippen LogP contribution is -2.41. The largest absolute Gasteiger partial charge is 0.494 e. The van der Waals surface area contributed by atoms with Crippen LogP contribution in [0.1, 0.15) is 94.2 Å². The molecular weight excluding hydrogens is 1930 g/mol. The molecule has 32 heteroatoms. The van der Waals surface area contributed by atoms with Crippen molar-refractivity contribution in [2.75, 3.05) is 0 Å². The number of rotatable bonds is 5. The number of para-hydroxylation sites is 10. The van der Waals surface area contributed by atoms with Crippen LogP contribution in [0.4, 0.5) is 11.4 Å². The maximum atomic E-state index is 11.3. The number of aromatic amines is 1. The third kappa shape index (κ3) is 19.4. The molecule has 0 radical (unpaired) electrons. The minimum absolute atomic E-state index is 0.0172. The zero-order valence-electron chi connectivity index (χ0n) is 74.7. The number of hydrogen-bond donors (Lipinski definition) is 1. The Kier molecular flexibility index (Phi) is 25.6. The average molecular weight is 2020 g/mol. The van der Waals surface area contributed by atoms with Crippen molar-refractivity contribution in [1.29, 1.82) is 0 Å². The molecule has 23 nitrogen and oxygen atoms in total. The molecule has 135 heavy (non-hydrogen) atoms. The normalized spacial score (nSPS) is 16.1. The van der Waals surface area contributed by atoms with Crippen LogP contribution in [-0.2, 0) is 34.3 Å². The quantitative estimate of drug-likeness (QED) is 0.0955. The van der Waals surface area contributed by atoms with E-state index in [1.807, 2.05) is 277 Å². The van der Waals surface area contributed by atoms with E-state index in [1.54, 1.807) is 30.3 Å². The summed E-state index contributed by atoms with van der Waals surface area (Å²) in [7, 11) is -1.36. The van der Waals surface area contributed by atoms with Gasteiger partial charge in [-0.3, -0.25) is 20.2 Å². The molecule has 682 valence electrons. The highest BCUT2D eigenvalue weighted by Gasteiger charge is 2.64. The predicted octanol–water partition coefficient (Wildman–Crippen LogP) is 31.0. The molecule has 9 aliphatic rings. The number of aromatic nitrogens is 1. The summed E-state index contributed by atoms with van der Waals surface area (Å²) in [6.45, 7) is 24.4. The predicted molar refractivity (Wildman–Crippen MR) is 531 cm³/mol. The van der Waals surface area contributed by atoms with Crippen molar-refractivity contribution in [2.24, 2.45) is 0 Å². The summed E-state index contributed by atoms with van der Waals surface area (Å²) >= 11 is 30.2. The fourth-order valence-electron chi connectivity index (χ4n) is 15.5. The highest BCUT2D eigenvalue weighted by Crippen LogP contribution is 2.55. The van der Waals surface area contributed by atoms with E-state index in [2.05, 4.69) is 55.0 Å². The monoisotopic (exact) mass is 2010 g/mol. The van der Waals surface area contributed by atoms with Gasteiger partial charge in [-0.2, -0.15) is 0 Å². The van der Waals surface area contributed by atoms with Crippen molar-refractivity contribution in [3.8, 4) is 137 Å². The summed E-state index contributed by atoms with van der Waals surface area (Å²) in [6, 6.07) is 83.3. The zero-order chi connectivity index (χ0) is 95.0. The van der Waals surface area contributed by atoms with E-state index in [0.717, 1.165) is 106 Å². The van der Waals surface area contributed by atoms with Crippen LogP contribution in [-0.4, -0.2) is 69.6 Å². The van der Waals surface area contributed by atoms with E-state index in [4.69, 9.17) is 122 Å².